The predicted molar refractivity (Wildman–Crippen MR) is 76.9 cm³/mol. The molecule has 0 saturated heterocycles. The molecule has 1 atom stereocenters. The second kappa shape index (κ2) is 5.57. The fraction of sp³-hybridized carbons (Fsp3) is 0.438. The third-order valence-corrected chi connectivity index (χ3v) is 3.70. The molecule has 1 aliphatic rings. The van der Waals surface area contributed by atoms with E-state index in [0.717, 1.165) is 19.0 Å². The van der Waals surface area contributed by atoms with Gasteiger partial charge in [0.2, 0.25) is 0 Å². The summed E-state index contributed by atoms with van der Waals surface area (Å²) in [5.41, 5.74) is 2.87. The van der Waals surface area contributed by atoms with Crippen LogP contribution in [0, 0.1) is 0 Å². The summed E-state index contributed by atoms with van der Waals surface area (Å²) in [7, 11) is 0. The van der Waals surface area contributed by atoms with Gasteiger partial charge < -0.3 is 5.32 Å². The zero-order valence-electron chi connectivity index (χ0n) is 11.4. The standard InChI is InChI=1S/C16H21N3/c1-13(12-19-10-2-9-18-19)17-11-14-3-5-15(6-4-14)16-7-8-16/h2-6,9-10,13,16-17H,7-8,11-12H2,1H3. The quantitative estimate of drug-likeness (QED) is 0.860. The van der Waals surface area contributed by atoms with Gasteiger partial charge in [-0.25, -0.2) is 0 Å². The molecule has 1 aromatic carbocycles. The van der Waals surface area contributed by atoms with Gasteiger partial charge in [-0.3, -0.25) is 4.68 Å². The molecular formula is C16H21N3. The lowest BCUT2D eigenvalue weighted by Gasteiger charge is -2.14. The van der Waals surface area contributed by atoms with E-state index in [9.17, 15) is 0 Å². The molecule has 0 aliphatic heterocycles. The summed E-state index contributed by atoms with van der Waals surface area (Å²) < 4.78 is 1.97. The fourth-order valence-corrected chi connectivity index (χ4v) is 2.37. The molecule has 0 spiro atoms. The zero-order valence-corrected chi connectivity index (χ0v) is 11.4. The van der Waals surface area contributed by atoms with Gasteiger partial charge in [0.25, 0.3) is 0 Å². The van der Waals surface area contributed by atoms with Gasteiger partial charge in [-0.15, -0.1) is 0 Å². The summed E-state index contributed by atoms with van der Waals surface area (Å²) in [6.07, 6.45) is 6.57. The first kappa shape index (κ1) is 12.4. The second-order valence-electron chi connectivity index (χ2n) is 5.53. The minimum atomic E-state index is 0.419. The maximum Gasteiger partial charge on any atom is 0.0560 e. The normalized spacial score (nSPS) is 16.5. The van der Waals surface area contributed by atoms with E-state index in [1.165, 1.54) is 24.0 Å². The summed E-state index contributed by atoms with van der Waals surface area (Å²) in [5, 5.41) is 7.77. The van der Waals surface area contributed by atoms with E-state index in [2.05, 4.69) is 41.6 Å². The number of nitrogens with zero attached hydrogens (tertiary/aromatic N) is 2. The van der Waals surface area contributed by atoms with E-state index in [1.54, 1.807) is 0 Å². The molecular weight excluding hydrogens is 234 g/mol. The van der Waals surface area contributed by atoms with Crippen LogP contribution in [0.3, 0.4) is 0 Å². The van der Waals surface area contributed by atoms with E-state index < -0.39 is 0 Å². The molecule has 3 heteroatoms. The highest BCUT2D eigenvalue weighted by atomic mass is 15.3. The van der Waals surface area contributed by atoms with E-state index >= 15 is 0 Å². The molecule has 2 aromatic rings. The Labute approximate surface area is 114 Å². The van der Waals surface area contributed by atoms with Crippen LogP contribution in [-0.4, -0.2) is 15.8 Å². The number of hydrogen-bond donors (Lipinski definition) is 1. The van der Waals surface area contributed by atoms with Crippen LogP contribution in [0.2, 0.25) is 0 Å². The van der Waals surface area contributed by atoms with Gasteiger partial charge in [-0.2, -0.15) is 5.10 Å². The predicted octanol–water partition coefficient (Wildman–Crippen LogP) is 2.94. The van der Waals surface area contributed by atoms with Gasteiger partial charge in [0.05, 0.1) is 6.54 Å². The van der Waals surface area contributed by atoms with Crippen molar-refractivity contribution in [2.45, 2.75) is 44.8 Å². The minimum absolute atomic E-state index is 0.419. The first-order valence-electron chi connectivity index (χ1n) is 7.11. The summed E-state index contributed by atoms with van der Waals surface area (Å²) in [5.74, 6) is 0.848. The van der Waals surface area contributed by atoms with E-state index in [-0.39, 0.29) is 0 Å². The summed E-state index contributed by atoms with van der Waals surface area (Å²) >= 11 is 0. The molecule has 1 N–H and O–H groups in total. The topological polar surface area (TPSA) is 29.9 Å². The van der Waals surface area contributed by atoms with Crippen molar-refractivity contribution in [1.82, 2.24) is 15.1 Å². The third-order valence-electron chi connectivity index (χ3n) is 3.70. The van der Waals surface area contributed by atoms with Crippen molar-refractivity contribution < 1.29 is 0 Å². The van der Waals surface area contributed by atoms with Crippen LogP contribution in [0.4, 0.5) is 0 Å². The third kappa shape index (κ3) is 3.44. The Hall–Kier alpha value is -1.61. The van der Waals surface area contributed by atoms with Crippen LogP contribution in [0.5, 0.6) is 0 Å². The summed E-state index contributed by atoms with van der Waals surface area (Å²) in [6.45, 7) is 4.03. The zero-order chi connectivity index (χ0) is 13.1. The molecule has 0 amide bonds. The maximum atomic E-state index is 4.23. The average Bonchev–Trinajstić information content (AvgIpc) is 3.16. The molecule has 1 unspecified atom stereocenters. The summed E-state index contributed by atoms with van der Waals surface area (Å²) in [4.78, 5) is 0. The smallest absolute Gasteiger partial charge is 0.0560 e. The van der Waals surface area contributed by atoms with E-state index in [0.29, 0.717) is 6.04 Å². The number of hydrogen-bond acceptors (Lipinski definition) is 2. The molecule has 0 radical (unpaired) electrons. The van der Waals surface area contributed by atoms with E-state index in [1.807, 2.05) is 23.1 Å². The molecule has 19 heavy (non-hydrogen) atoms. The lowest BCUT2D eigenvalue weighted by molar-refractivity contribution is 0.451. The summed E-state index contributed by atoms with van der Waals surface area (Å²) in [6, 6.07) is 11.5. The average molecular weight is 255 g/mol. The SMILES string of the molecule is CC(Cn1cccn1)NCc1ccc(C2CC2)cc1. The Morgan fingerprint density at radius 3 is 2.74 bits per heavy atom. The van der Waals surface area contributed by atoms with Crippen molar-refractivity contribution in [3.8, 4) is 0 Å². The van der Waals surface area contributed by atoms with Gasteiger partial charge in [-0.1, -0.05) is 24.3 Å². The highest BCUT2D eigenvalue weighted by molar-refractivity contribution is 5.27. The van der Waals surface area contributed by atoms with Gasteiger partial charge in [-0.05, 0) is 42.9 Å². The Bertz CT molecular complexity index is 497. The molecule has 1 saturated carbocycles. The van der Waals surface area contributed by atoms with Gasteiger partial charge >= 0.3 is 0 Å². The molecule has 3 rings (SSSR count). The van der Waals surface area contributed by atoms with Crippen LogP contribution in [-0.2, 0) is 13.1 Å². The first-order chi connectivity index (χ1) is 9.31. The van der Waals surface area contributed by atoms with Crippen molar-refractivity contribution in [3.05, 3.63) is 53.9 Å². The molecule has 1 aromatic heterocycles. The Morgan fingerprint density at radius 2 is 2.11 bits per heavy atom. The Morgan fingerprint density at radius 1 is 1.32 bits per heavy atom. The molecule has 3 nitrogen and oxygen atoms in total. The van der Waals surface area contributed by atoms with Crippen LogP contribution in [0.15, 0.2) is 42.7 Å². The van der Waals surface area contributed by atoms with Crippen LogP contribution < -0.4 is 5.32 Å². The molecule has 1 heterocycles. The van der Waals surface area contributed by atoms with E-state index in [4.69, 9.17) is 0 Å². The lowest BCUT2D eigenvalue weighted by atomic mass is 10.1. The number of benzene rings is 1. The van der Waals surface area contributed by atoms with Crippen molar-refractivity contribution in [3.63, 3.8) is 0 Å². The number of rotatable bonds is 6. The number of aromatic nitrogens is 2. The van der Waals surface area contributed by atoms with Crippen molar-refractivity contribution in [2.75, 3.05) is 0 Å². The highest BCUT2D eigenvalue weighted by Crippen LogP contribution is 2.39. The largest absolute Gasteiger partial charge is 0.308 e. The van der Waals surface area contributed by atoms with Crippen molar-refractivity contribution >= 4 is 0 Å². The van der Waals surface area contributed by atoms with Gasteiger partial charge in [0.1, 0.15) is 0 Å². The maximum absolute atomic E-state index is 4.23. The van der Waals surface area contributed by atoms with Gasteiger partial charge in [0.15, 0.2) is 0 Å². The fourth-order valence-electron chi connectivity index (χ4n) is 2.37. The minimum Gasteiger partial charge on any atom is -0.308 e. The van der Waals surface area contributed by atoms with Crippen molar-refractivity contribution in [1.29, 1.82) is 0 Å². The van der Waals surface area contributed by atoms with Crippen LogP contribution in [0.1, 0.15) is 36.8 Å². The van der Waals surface area contributed by atoms with Crippen molar-refractivity contribution in [2.24, 2.45) is 0 Å². The van der Waals surface area contributed by atoms with Crippen LogP contribution >= 0.6 is 0 Å². The second-order valence-corrected chi connectivity index (χ2v) is 5.53. The van der Waals surface area contributed by atoms with Gasteiger partial charge in [0, 0.05) is 25.0 Å². The Balaban J connectivity index is 1.48. The first-order valence-corrected chi connectivity index (χ1v) is 7.11. The lowest BCUT2D eigenvalue weighted by Crippen LogP contribution is -2.30. The Kier molecular flexibility index (Phi) is 3.65. The van der Waals surface area contributed by atoms with Crippen LogP contribution in [0.25, 0.3) is 0 Å². The molecule has 1 aliphatic carbocycles. The molecule has 0 bridgehead atoms. The number of nitrogens with one attached hydrogen (secondary N) is 1. The monoisotopic (exact) mass is 255 g/mol. The highest BCUT2D eigenvalue weighted by Gasteiger charge is 2.22. The molecule has 100 valence electrons. The molecule has 1 fully saturated rings.